The molecule has 0 aliphatic heterocycles. The number of nitrogens with one attached hydrogen (secondary N) is 1. The topological polar surface area (TPSA) is 49.4 Å². The summed E-state index contributed by atoms with van der Waals surface area (Å²) in [7, 11) is -0.413. The molecule has 19 heavy (non-hydrogen) atoms. The fourth-order valence-corrected chi connectivity index (χ4v) is 3.38. The summed E-state index contributed by atoms with van der Waals surface area (Å²) < 4.78 is 40.6. The lowest BCUT2D eigenvalue weighted by atomic mass is 9.95. The number of halogens is 1. The van der Waals surface area contributed by atoms with E-state index in [1.165, 1.54) is 30.5 Å². The summed E-state index contributed by atoms with van der Waals surface area (Å²) in [4.78, 5) is 0. The molecule has 0 saturated heterocycles. The standard InChI is InChI=1S/C13H19FN2O2S/c1-16(2)19(17,18)15-13-5-3-4-12(13)10-6-8-11(14)9-7-10/h6-9,12-13,15H,3-5H2,1-2H3. The maximum Gasteiger partial charge on any atom is 0.279 e. The molecule has 1 aliphatic rings. The molecular formula is C13H19FN2O2S. The van der Waals surface area contributed by atoms with Crippen molar-refractivity contribution < 1.29 is 12.8 Å². The molecule has 0 heterocycles. The molecule has 1 aliphatic carbocycles. The summed E-state index contributed by atoms with van der Waals surface area (Å²) in [6.45, 7) is 0. The van der Waals surface area contributed by atoms with Crippen molar-refractivity contribution in [3.63, 3.8) is 0 Å². The van der Waals surface area contributed by atoms with E-state index >= 15 is 0 Å². The van der Waals surface area contributed by atoms with Crippen LogP contribution in [0.4, 0.5) is 4.39 Å². The average molecular weight is 286 g/mol. The van der Waals surface area contributed by atoms with Crippen molar-refractivity contribution >= 4 is 10.2 Å². The molecule has 0 amide bonds. The van der Waals surface area contributed by atoms with E-state index in [1.807, 2.05) is 0 Å². The first-order valence-corrected chi connectivity index (χ1v) is 7.79. The van der Waals surface area contributed by atoms with Crippen LogP contribution in [0.2, 0.25) is 0 Å². The van der Waals surface area contributed by atoms with Crippen molar-refractivity contribution in [2.45, 2.75) is 31.2 Å². The molecule has 1 N–H and O–H groups in total. The molecule has 106 valence electrons. The molecular weight excluding hydrogens is 267 g/mol. The maximum atomic E-state index is 12.9. The van der Waals surface area contributed by atoms with Crippen LogP contribution < -0.4 is 4.72 Å². The van der Waals surface area contributed by atoms with Crippen molar-refractivity contribution in [2.75, 3.05) is 14.1 Å². The summed E-state index contributed by atoms with van der Waals surface area (Å²) in [5, 5.41) is 0. The van der Waals surface area contributed by atoms with Gasteiger partial charge in [-0.05, 0) is 30.5 Å². The second-order valence-electron chi connectivity index (χ2n) is 5.10. The van der Waals surface area contributed by atoms with E-state index in [0.29, 0.717) is 0 Å². The van der Waals surface area contributed by atoms with Crippen LogP contribution in [-0.4, -0.2) is 32.9 Å². The highest BCUT2D eigenvalue weighted by atomic mass is 32.2. The Morgan fingerprint density at radius 2 is 1.84 bits per heavy atom. The molecule has 0 radical (unpaired) electrons. The van der Waals surface area contributed by atoms with Crippen molar-refractivity contribution in [1.82, 2.24) is 9.03 Å². The van der Waals surface area contributed by atoms with Crippen LogP contribution in [0.25, 0.3) is 0 Å². The zero-order valence-electron chi connectivity index (χ0n) is 11.1. The van der Waals surface area contributed by atoms with Crippen LogP contribution in [0.3, 0.4) is 0 Å². The predicted octanol–water partition coefficient (Wildman–Crippen LogP) is 1.86. The Bertz CT molecular complexity index is 528. The second kappa shape index (κ2) is 5.56. The zero-order chi connectivity index (χ0) is 14.0. The lowest BCUT2D eigenvalue weighted by Crippen LogP contribution is -2.43. The van der Waals surface area contributed by atoms with Gasteiger partial charge in [-0.15, -0.1) is 0 Å². The van der Waals surface area contributed by atoms with Gasteiger partial charge in [-0.3, -0.25) is 0 Å². The maximum absolute atomic E-state index is 12.9. The molecule has 4 nitrogen and oxygen atoms in total. The molecule has 2 atom stereocenters. The van der Waals surface area contributed by atoms with Gasteiger partial charge in [0.25, 0.3) is 10.2 Å². The zero-order valence-corrected chi connectivity index (χ0v) is 12.0. The Morgan fingerprint density at radius 1 is 1.21 bits per heavy atom. The second-order valence-corrected chi connectivity index (χ2v) is 7.02. The average Bonchev–Trinajstić information content (AvgIpc) is 2.77. The summed E-state index contributed by atoms with van der Waals surface area (Å²) in [5.74, 6) is -0.150. The summed E-state index contributed by atoms with van der Waals surface area (Å²) >= 11 is 0. The van der Waals surface area contributed by atoms with Crippen LogP contribution in [-0.2, 0) is 10.2 Å². The molecule has 2 unspecified atom stereocenters. The number of rotatable bonds is 4. The molecule has 0 spiro atoms. The van der Waals surface area contributed by atoms with E-state index in [1.54, 1.807) is 12.1 Å². The highest BCUT2D eigenvalue weighted by Crippen LogP contribution is 2.35. The minimum Gasteiger partial charge on any atom is -0.207 e. The third-order valence-corrected chi connectivity index (χ3v) is 5.16. The van der Waals surface area contributed by atoms with Crippen LogP contribution in [0.1, 0.15) is 30.7 Å². The van der Waals surface area contributed by atoms with Crippen molar-refractivity contribution in [3.8, 4) is 0 Å². The van der Waals surface area contributed by atoms with Gasteiger partial charge >= 0.3 is 0 Å². The quantitative estimate of drug-likeness (QED) is 0.918. The Balaban J connectivity index is 2.15. The van der Waals surface area contributed by atoms with Gasteiger partial charge in [0, 0.05) is 26.1 Å². The molecule has 6 heteroatoms. The third kappa shape index (κ3) is 3.32. The highest BCUT2D eigenvalue weighted by molar-refractivity contribution is 7.87. The molecule has 1 aromatic carbocycles. The Morgan fingerprint density at radius 3 is 2.42 bits per heavy atom. The molecule has 1 aromatic rings. The van der Waals surface area contributed by atoms with Gasteiger partial charge in [0.15, 0.2) is 0 Å². The van der Waals surface area contributed by atoms with Crippen molar-refractivity contribution in [2.24, 2.45) is 0 Å². The first kappa shape index (κ1) is 14.4. The number of nitrogens with zero attached hydrogens (tertiary/aromatic N) is 1. The summed E-state index contributed by atoms with van der Waals surface area (Å²) in [6.07, 6.45) is 2.71. The SMILES string of the molecule is CN(C)S(=O)(=O)NC1CCCC1c1ccc(F)cc1. The fraction of sp³-hybridized carbons (Fsp3) is 0.538. The Labute approximate surface area is 113 Å². The van der Waals surface area contributed by atoms with Gasteiger partial charge < -0.3 is 0 Å². The van der Waals surface area contributed by atoms with Gasteiger partial charge in [-0.2, -0.15) is 17.4 Å². The van der Waals surface area contributed by atoms with Crippen LogP contribution in [0, 0.1) is 5.82 Å². The Hall–Kier alpha value is -0.980. The molecule has 0 bridgehead atoms. The fourth-order valence-electron chi connectivity index (χ4n) is 2.51. The minimum atomic E-state index is -3.42. The molecule has 1 saturated carbocycles. The first-order valence-electron chi connectivity index (χ1n) is 6.35. The van der Waals surface area contributed by atoms with E-state index in [2.05, 4.69) is 4.72 Å². The van der Waals surface area contributed by atoms with Gasteiger partial charge in [0.2, 0.25) is 0 Å². The summed E-state index contributed by atoms with van der Waals surface area (Å²) in [6, 6.07) is 6.21. The van der Waals surface area contributed by atoms with E-state index < -0.39 is 10.2 Å². The van der Waals surface area contributed by atoms with E-state index in [-0.39, 0.29) is 17.8 Å². The van der Waals surface area contributed by atoms with Crippen LogP contribution in [0.15, 0.2) is 24.3 Å². The number of benzene rings is 1. The third-order valence-electron chi connectivity index (χ3n) is 3.60. The highest BCUT2D eigenvalue weighted by Gasteiger charge is 2.32. The Kier molecular flexibility index (Phi) is 4.23. The van der Waals surface area contributed by atoms with E-state index in [9.17, 15) is 12.8 Å². The summed E-state index contributed by atoms with van der Waals surface area (Å²) in [5.41, 5.74) is 0.991. The van der Waals surface area contributed by atoms with Gasteiger partial charge in [-0.25, -0.2) is 4.39 Å². The lowest BCUT2D eigenvalue weighted by molar-refractivity contribution is 0.473. The van der Waals surface area contributed by atoms with Crippen molar-refractivity contribution in [1.29, 1.82) is 0 Å². The van der Waals surface area contributed by atoms with E-state index in [4.69, 9.17) is 0 Å². The van der Waals surface area contributed by atoms with Crippen molar-refractivity contribution in [3.05, 3.63) is 35.6 Å². The van der Waals surface area contributed by atoms with Gasteiger partial charge in [0.1, 0.15) is 5.82 Å². The van der Waals surface area contributed by atoms with Gasteiger partial charge in [-0.1, -0.05) is 18.6 Å². The largest absolute Gasteiger partial charge is 0.279 e. The molecule has 0 aromatic heterocycles. The predicted molar refractivity (Wildman–Crippen MR) is 72.5 cm³/mol. The molecule has 2 rings (SSSR count). The smallest absolute Gasteiger partial charge is 0.207 e. The number of hydrogen-bond donors (Lipinski definition) is 1. The first-order chi connectivity index (χ1) is 8.90. The normalized spacial score (nSPS) is 24.0. The van der Waals surface area contributed by atoms with Gasteiger partial charge in [0.05, 0.1) is 0 Å². The minimum absolute atomic E-state index is 0.113. The molecule has 1 fully saturated rings. The van der Waals surface area contributed by atoms with E-state index in [0.717, 1.165) is 24.8 Å². The lowest BCUT2D eigenvalue weighted by Gasteiger charge is -2.23. The monoisotopic (exact) mass is 286 g/mol. The number of hydrogen-bond acceptors (Lipinski definition) is 2. The van der Waals surface area contributed by atoms with Crippen LogP contribution in [0.5, 0.6) is 0 Å². The van der Waals surface area contributed by atoms with Crippen LogP contribution >= 0.6 is 0 Å².